The molecule has 4 aromatic rings. The lowest BCUT2D eigenvalue weighted by Gasteiger charge is -2.57. The minimum absolute atomic E-state index is 0.100. The summed E-state index contributed by atoms with van der Waals surface area (Å²) in [5.41, 5.74) is 4.29. The summed E-state index contributed by atoms with van der Waals surface area (Å²) in [5, 5.41) is 18.0. The van der Waals surface area contributed by atoms with Crippen molar-refractivity contribution in [3.05, 3.63) is 76.9 Å². The number of aromatic nitrogens is 3. The lowest BCUT2D eigenvalue weighted by Crippen LogP contribution is -2.56. The van der Waals surface area contributed by atoms with E-state index in [1.165, 1.54) is 0 Å². The zero-order valence-electron chi connectivity index (χ0n) is 21.6. The number of carbonyl (C=O) groups is 2. The molecular formula is C30H29ClN4O4. The zero-order valence-corrected chi connectivity index (χ0v) is 22.3. The fourth-order valence-corrected chi connectivity index (χ4v) is 6.56. The molecule has 2 N–H and O–H groups in total. The molecule has 2 aliphatic rings. The van der Waals surface area contributed by atoms with E-state index in [2.05, 4.69) is 15.4 Å². The largest absolute Gasteiger partial charge is 0.481 e. The van der Waals surface area contributed by atoms with Crippen LogP contribution in [0.2, 0.25) is 5.02 Å². The van der Waals surface area contributed by atoms with Gasteiger partial charge in [0, 0.05) is 29.5 Å². The fraction of sp³-hybridized carbons (Fsp3) is 0.333. The molecular weight excluding hydrogens is 516 g/mol. The summed E-state index contributed by atoms with van der Waals surface area (Å²) in [7, 11) is 1.60. The molecule has 8 nitrogen and oxygen atoms in total. The standard InChI is InChI=1S/C30H29ClN4O4/c1-39-26-4-2-3-25(34-26)20-7-5-18(6-8-20)17-35-28-22(9-10-24(31)23(28)16-32-35)29(38)33-21-14-30(15-21)12-19(13-30)11-27(36)37/h2-10,16,19,21H,11-15,17H2,1H3,(H,33,38)(H,36,37). The van der Waals surface area contributed by atoms with E-state index in [0.717, 1.165) is 47.9 Å². The highest BCUT2D eigenvalue weighted by atomic mass is 35.5. The molecule has 0 atom stereocenters. The van der Waals surface area contributed by atoms with Gasteiger partial charge in [0.2, 0.25) is 5.88 Å². The Morgan fingerprint density at radius 3 is 2.59 bits per heavy atom. The Hall–Kier alpha value is -3.91. The van der Waals surface area contributed by atoms with Crippen molar-refractivity contribution in [1.29, 1.82) is 0 Å². The average Bonchev–Trinajstić information content (AvgIpc) is 3.31. The number of carboxylic acids is 1. The minimum Gasteiger partial charge on any atom is -0.481 e. The first-order valence-corrected chi connectivity index (χ1v) is 13.5. The van der Waals surface area contributed by atoms with Crippen LogP contribution in [-0.2, 0) is 11.3 Å². The van der Waals surface area contributed by atoms with Crippen LogP contribution in [0.15, 0.2) is 60.8 Å². The van der Waals surface area contributed by atoms with E-state index in [9.17, 15) is 9.59 Å². The van der Waals surface area contributed by atoms with Crippen LogP contribution in [0.25, 0.3) is 22.2 Å². The first-order chi connectivity index (χ1) is 18.8. The van der Waals surface area contributed by atoms with Gasteiger partial charge in [-0.25, -0.2) is 4.98 Å². The van der Waals surface area contributed by atoms with Crippen LogP contribution in [0.5, 0.6) is 5.88 Å². The highest BCUT2D eigenvalue weighted by Gasteiger charge is 2.53. The van der Waals surface area contributed by atoms with Crippen LogP contribution in [0.3, 0.4) is 0 Å². The molecule has 2 aromatic carbocycles. The molecule has 9 heteroatoms. The summed E-state index contributed by atoms with van der Waals surface area (Å²) in [6.07, 6.45) is 5.63. The van der Waals surface area contributed by atoms with E-state index in [1.807, 2.05) is 47.1 Å². The van der Waals surface area contributed by atoms with Crippen molar-refractivity contribution in [2.24, 2.45) is 11.3 Å². The number of hydrogen-bond donors (Lipinski definition) is 2. The van der Waals surface area contributed by atoms with E-state index in [1.54, 1.807) is 25.4 Å². The lowest BCUT2D eigenvalue weighted by atomic mass is 9.49. The van der Waals surface area contributed by atoms with Crippen molar-refractivity contribution >= 4 is 34.4 Å². The molecule has 2 fully saturated rings. The molecule has 0 bridgehead atoms. The Morgan fingerprint density at radius 1 is 1.10 bits per heavy atom. The van der Waals surface area contributed by atoms with Crippen molar-refractivity contribution in [1.82, 2.24) is 20.1 Å². The summed E-state index contributed by atoms with van der Waals surface area (Å²) in [6, 6.07) is 17.3. The van der Waals surface area contributed by atoms with E-state index in [4.69, 9.17) is 21.4 Å². The number of nitrogens with one attached hydrogen (secondary N) is 1. The second-order valence-corrected chi connectivity index (χ2v) is 11.3. The van der Waals surface area contributed by atoms with E-state index in [-0.39, 0.29) is 29.7 Å². The summed E-state index contributed by atoms with van der Waals surface area (Å²) in [4.78, 5) is 28.8. The van der Waals surface area contributed by atoms with Crippen LogP contribution in [0.4, 0.5) is 0 Å². The minimum atomic E-state index is -0.729. The summed E-state index contributed by atoms with van der Waals surface area (Å²) >= 11 is 6.48. The van der Waals surface area contributed by atoms with Crippen molar-refractivity contribution in [2.45, 2.75) is 44.7 Å². The van der Waals surface area contributed by atoms with Gasteiger partial charge in [-0.15, -0.1) is 0 Å². The smallest absolute Gasteiger partial charge is 0.303 e. The molecule has 2 saturated carbocycles. The van der Waals surface area contributed by atoms with E-state index < -0.39 is 5.97 Å². The first kappa shape index (κ1) is 25.4. The van der Waals surface area contributed by atoms with Gasteiger partial charge in [0.1, 0.15) is 0 Å². The number of carboxylic acid groups (broad SMARTS) is 1. The van der Waals surface area contributed by atoms with Crippen LogP contribution in [-0.4, -0.2) is 44.9 Å². The Labute approximate surface area is 231 Å². The van der Waals surface area contributed by atoms with Gasteiger partial charge in [0.25, 0.3) is 5.91 Å². The molecule has 2 heterocycles. The number of amides is 1. The molecule has 0 unspecified atom stereocenters. The van der Waals surface area contributed by atoms with Crippen molar-refractivity contribution in [3.63, 3.8) is 0 Å². The third kappa shape index (κ3) is 4.96. The Kier molecular flexibility index (Phi) is 6.51. The number of aliphatic carboxylic acids is 1. The lowest BCUT2D eigenvalue weighted by molar-refractivity contribution is -0.142. The van der Waals surface area contributed by atoms with Crippen LogP contribution in [0, 0.1) is 11.3 Å². The van der Waals surface area contributed by atoms with Gasteiger partial charge in [0.15, 0.2) is 0 Å². The predicted molar refractivity (Wildman–Crippen MR) is 148 cm³/mol. The Morgan fingerprint density at radius 2 is 1.87 bits per heavy atom. The quantitative estimate of drug-likeness (QED) is 0.300. The Bertz CT molecular complexity index is 1550. The van der Waals surface area contributed by atoms with Gasteiger partial charge in [-0.1, -0.05) is 41.9 Å². The van der Waals surface area contributed by atoms with Gasteiger partial charge < -0.3 is 15.2 Å². The van der Waals surface area contributed by atoms with Gasteiger partial charge in [-0.3, -0.25) is 14.3 Å². The number of ether oxygens (including phenoxy) is 1. The summed E-state index contributed by atoms with van der Waals surface area (Å²) in [6.45, 7) is 0.480. The number of carbonyl (C=O) groups excluding carboxylic acids is 1. The number of halogens is 1. The third-order valence-corrected chi connectivity index (χ3v) is 8.44. The zero-order chi connectivity index (χ0) is 27.1. The molecule has 0 radical (unpaired) electrons. The SMILES string of the molecule is COc1cccc(-c2ccc(Cn3ncc4c(Cl)ccc(C(=O)NC5CC6(CC(CC(=O)O)C6)C5)c43)cc2)n1. The number of benzene rings is 2. The second-order valence-electron chi connectivity index (χ2n) is 10.9. The molecule has 2 aliphatic carbocycles. The second kappa shape index (κ2) is 10.0. The number of hydrogen-bond acceptors (Lipinski definition) is 5. The Balaban J connectivity index is 1.16. The number of pyridine rings is 1. The molecule has 1 spiro atoms. The molecule has 1 amide bonds. The van der Waals surface area contributed by atoms with Crippen LogP contribution >= 0.6 is 11.6 Å². The molecule has 200 valence electrons. The van der Waals surface area contributed by atoms with Gasteiger partial charge in [-0.2, -0.15) is 5.10 Å². The maximum Gasteiger partial charge on any atom is 0.303 e. The number of fused-ring (bicyclic) bond motifs is 1. The molecule has 0 saturated heterocycles. The molecule has 6 rings (SSSR count). The van der Waals surface area contributed by atoms with Gasteiger partial charge >= 0.3 is 5.97 Å². The van der Waals surface area contributed by atoms with Crippen LogP contribution < -0.4 is 10.1 Å². The number of rotatable bonds is 8. The predicted octanol–water partition coefficient (Wildman–Crippen LogP) is 5.57. The van der Waals surface area contributed by atoms with Crippen molar-refractivity contribution in [2.75, 3.05) is 7.11 Å². The number of methoxy groups -OCH3 is 1. The average molecular weight is 545 g/mol. The molecule has 39 heavy (non-hydrogen) atoms. The highest BCUT2D eigenvalue weighted by molar-refractivity contribution is 6.36. The van der Waals surface area contributed by atoms with Crippen molar-refractivity contribution in [3.8, 4) is 17.1 Å². The summed E-state index contributed by atoms with van der Waals surface area (Å²) < 4.78 is 7.05. The van der Waals surface area contributed by atoms with E-state index in [0.29, 0.717) is 28.5 Å². The van der Waals surface area contributed by atoms with Gasteiger partial charge in [-0.05, 0) is 60.8 Å². The highest BCUT2D eigenvalue weighted by Crippen LogP contribution is 2.59. The maximum atomic E-state index is 13.4. The number of nitrogens with zero attached hydrogens (tertiary/aromatic N) is 3. The maximum absolute atomic E-state index is 13.4. The van der Waals surface area contributed by atoms with Crippen LogP contribution in [0.1, 0.15) is 48.0 Å². The van der Waals surface area contributed by atoms with E-state index >= 15 is 0 Å². The topological polar surface area (TPSA) is 106 Å². The summed E-state index contributed by atoms with van der Waals surface area (Å²) in [5.74, 6) is -0.0361. The monoisotopic (exact) mass is 544 g/mol. The third-order valence-electron chi connectivity index (χ3n) is 8.11. The van der Waals surface area contributed by atoms with Gasteiger partial charge in [0.05, 0.1) is 41.6 Å². The van der Waals surface area contributed by atoms with Crippen molar-refractivity contribution < 1.29 is 19.4 Å². The first-order valence-electron chi connectivity index (χ1n) is 13.1. The normalized spacial score (nSPS) is 21.8. The molecule has 2 aromatic heterocycles. The fourth-order valence-electron chi connectivity index (χ4n) is 6.36. The molecule has 0 aliphatic heterocycles.